The first kappa shape index (κ1) is 30.3. The number of hydrogen-bond acceptors (Lipinski definition) is 10. The lowest BCUT2D eigenvalue weighted by Gasteiger charge is -2.52. The summed E-state index contributed by atoms with van der Waals surface area (Å²) >= 11 is 0. The standard InChI is InChI=1S/C30H29F2N3O8/c1-35(2)24-16-9-12-8-14-13(20(37)11-34-10-15-17(31)4-3-5-18(15)32)6-7-19(36)22(14)25(38)21(12)27(40)30(16,43)28(41)23(26(24)39)29(33)42/h3-7,12,16,21,23-24,34,36,43H,8-11H2,1-2H3,(H2,33,42)/t12-,16-,21?,23?,24-,30-/m0/s1. The zero-order chi connectivity index (χ0) is 31.5. The number of nitrogens with two attached hydrogens (primary N) is 1. The van der Waals surface area contributed by atoms with E-state index in [0.29, 0.717) is 0 Å². The third-order valence-corrected chi connectivity index (χ3v) is 8.89. The van der Waals surface area contributed by atoms with E-state index >= 15 is 0 Å². The van der Waals surface area contributed by atoms with Gasteiger partial charge in [-0.05, 0) is 62.7 Å². The van der Waals surface area contributed by atoms with Crippen LogP contribution in [0.3, 0.4) is 0 Å². The summed E-state index contributed by atoms with van der Waals surface area (Å²) in [7, 11) is 2.95. The third-order valence-electron chi connectivity index (χ3n) is 8.89. The molecule has 226 valence electrons. The number of ketones is 5. The number of aliphatic hydroxyl groups is 1. The molecule has 0 saturated heterocycles. The molecule has 2 saturated carbocycles. The van der Waals surface area contributed by atoms with E-state index < -0.39 is 87.5 Å². The van der Waals surface area contributed by atoms with Gasteiger partial charge < -0.3 is 21.3 Å². The average Bonchev–Trinajstić information content (AvgIpc) is 2.92. The number of primary amides is 1. The van der Waals surface area contributed by atoms with E-state index in [2.05, 4.69) is 5.32 Å². The van der Waals surface area contributed by atoms with Gasteiger partial charge in [0, 0.05) is 23.6 Å². The fourth-order valence-electron chi connectivity index (χ4n) is 6.96. The molecule has 5 rings (SSSR count). The van der Waals surface area contributed by atoms with E-state index in [9.17, 15) is 47.8 Å². The second kappa shape index (κ2) is 10.8. The van der Waals surface area contributed by atoms with Gasteiger partial charge in [0.25, 0.3) is 0 Å². The number of nitrogens with zero attached hydrogens (tertiary/aromatic N) is 1. The van der Waals surface area contributed by atoms with Crippen molar-refractivity contribution < 1.29 is 47.8 Å². The quantitative estimate of drug-likeness (QED) is 0.253. The molecule has 0 heterocycles. The molecule has 0 aromatic heterocycles. The molecule has 13 heteroatoms. The molecule has 3 aliphatic rings. The van der Waals surface area contributed by atoms with Crippen molar-refractivity contribution in [2.75, 3.05) is 20.6 Å². The minimum absolute atomic E-state index is 0.0307. The fourth-order valence-corrected chi connectivity index (χ4v) is 6.96. The first-order chi connectivity index (χ1) is 20.2. The largest absolute Gasteiger partial charge is 0.507 e. The molecule has 1 amide bonds. The van der Waals surface area contributed by atoms with Crippen LogP contribution in [0.2, 0.25) is 0 Å². The SMILES string of the molecule is CN(C)[C@@H]1C(=O)C(C(N)=O)C(=O)[C@@]2(O)C(=O)C3C(=O)c4c(O)ccc(C(=O)CNCc5c(F)cccc5F)c4C[C@H]3C[C@@H]12. The second-order valence-corrected chi connectivity index (χ2v) is 11.5. The number of carbonyl (C=O) groups is 6. The minimum Gasteiger partial charge on any atom is -0.507 e. The van der Waals surface area contributed by atoms with E-state index in [-0.39, 0.29) is 48.2 Å². The normalized spacial score (nSPS) is 28.4. The highest BCUT2D eigenvalue weighted by Crippen LogP contribution is 2.51. The van der Waals surface area contributed by atoms with Gasteiger partial charge in [-0.25, -0.2) is 8.78 Å². The molecule has 0 aliphatic heterocycles. The topological polar surface area (TPSA) is 184 Å². The molecule has 2 aromatic rings. The van der Waals surface area contributed by atoms with E-state index in [1.165, 1.54) is 31.1 Å². The number of phenols is 1. The Morgan fingerprint density at radius 3 is 2.33 bits per heavy atom. The number of rotatable bonds is 7. The molecular weight excluding hydrogens is 568 g/mol. The lowest BCUT2D eigenvalue weighted by molar-refractivity contribution is -0.181. The number of carbonyl (C=O) groups excluding carboxylic acids is 6. The highest BCUT2D eigenvalue weighted by molar-refractivity contribution is 6.32. The monoisotopic (exact) mass is 597 g/mol. The van der Waals surface area contributed by atoms with E-state index in [0.717, 1.165) is 18.2 Å². The highest BCUT2D eigenvalue weighted by atomic mass is 19.1. The Morgan fingerprint density at radius 2 is 1.72 bits per heavy atom. The second-order valence-electron chi connectivity index (χ2n) is 11.5. The van der Waals surface area contributed by atoms with Crippen LogP contribution in [0.15, 0.2) is 30.3 Å². The number of nitrogens with one attached hydrogen (secondary N) is 1. The van der Waals surface area contributed by atoms with Gasteiger partial charge in [0.15, 0.2) is 40.4 Å². The van der Waals surface area contributed by atoms with Gasteiger partial charge >= 0.3 is 0 Å². The maximum atomic E-state index is 14.0. The maximum Gasteiger partial charge on any atom is 0.235 e. The Morgan fingerprint density at radius 1 is 1.07 bits per heavy atom. The number of aromatic hydroxyl groups is 1. The van der Waals surface area contributed by atoms with Gasteiger partial charge in [-0.3, -0.25) is 33.7 Å². The molecule has 3 aliphatic carbocycles. The van der Waals surface area contributed by atoms with Gasteiger partial charge in [0.1, 0.15) is 17.4 Å². The van der Waals surface area contributed by atoms with Crippen molar-refractivity contribution >= 4 is 34.8 Å². The summed E-state index contributed by atoms with van der Waals surface area (Å²) < 4.78 is 28.0. The van der Waals surface area contributed by atoms with E-state index in [1.54, 1.807) is 0 Å². The number of likely N-dealkylation sites (N-methyl/N-ethyl adjacent to an activating group) is 1. The van der Waals surface area contributed by atoms with Crippen LogP contribution in [0.5, 0.6) is 5.75 Å². The van der Waals surface area contributed by atoms with Gasteiger partial charge in [-0.1, -0.05) is 6.07 Å². The Kier molecular flexibility index (Phi) is 7.61. The predicted octanol–water partition coefficient (Wildman–Crippen LogP) is 0.118. The molecule has 6 atom stereocenters. The van der Waals surface area contributed by atoms with E-state index in [4.69, 9.17) is 5.73 Å². The lowest BCUT2D eigenvalue weighted by Crippen LogP contribution is -2.74. The molecule has 0 radical (unpaired) electrons. The number of hydrogen-bond donors (Lipinski definition) is 4. The molecule has 2 aromatic carbocycles. The molecular formula is C30H29F2N3O8. The minimum atomic E-state index is -2.86. The summed E-state index contributed by atoms with van der Waals surface area (Å²) in [6.45, 7) is -0.683. The van der Waals surface area contributed by atoms with Gasteiger partial charge in [0.2, 0.25) is 5.91 Å². The van der Waals surface area contributed by atoms with E-state index in [1.807, 2.05) is 0 Å². The maximum absolute atomic E-state index is 14.0. The lowest BCUT2D eigenvalue weighted by atomic mass is 9.52. The summed E-state index contributed by atoms with van der Waals surface area (Å²) in [5.74, 6) is -14.2. The molecule has 43 heavy (non-hydrogen) atoms. The number of benzene rings is 2. The number of halogens is 2. The zero-order valence-corrected chi connectivity index (χ0v) is 23.2. The Hall–Kier alpha value is -4.20. The van der Waals surface area contributed by atoms with Crippen molar-refractivity contribution in [3.05, 3.63) is 64.2 Å². The third kappa shape index (κ3) is 4.58. The molecule has 2 unspecified atom stereocenters. The van der Waals surface area contributed by atoms with Crippen LogP contribution < -0.4 is 11.1 Å². The van der Waals surface area contributed by atoms with Crippen LogP contribution >= 0.6 is 0 Å². The Labute approximate surface area is 244 Å². The first-order valence-corrected chi connectivity index (χ1v) is 13.6. The van der Waals surface area contributed by atoms with Crippen LogP contribution in [0.4, 0.5) is 8.78 Å². The summed E-state index contributed by atoms with van der Waals surface area (Å²) in [6.07, 6.45) is -0.263. The zero-order valence-electron chi connectivity index (χ0n) is 23.2. The average molecular weight is 598 g/mol. The van der Waals surface area contributed by atoms with Gasteiger partial charge in [0.05, 0.1) is 24.1 Å². The highest BCUT2D eigenvalue weighted by Gasteiger charge is 2.69. The predicted molar refractivity (Wildman–Crippen MR) is 144 cm³/mol. The smallest absolute Gasteiger partial charge is 0.235 e. The van der Waals surface area contributed by atoms with Crippen molar-refractivity contribution in [1.82, 2.24) is 10.2 Å². The van der Waals surface area contributed by atoms with Gasteiger partial charge in [-0.2, -0.15) is 0 Å². The Bertz CT molecular complexity index is 1590. The van der Waals surface area contributed by atoms with Crippen LogP contribution in [0, 0.1) is 35.3 Å². The van der Waals surface area contributed by atoms with Crippen molar-refractivity contribution in [3.63, 3.8) is 0 Å². The van der Waals surface area contributed by atoms with Crippen LogP contribution in [-0.2, 0) is 32.1 Å². The van der Waals surface area contributed by atoms with Crippen LogP contribution in [-0.4, -0.2) is 82.2 Å². The summed E-state index contributed by atoms with van der Waals surface area (Å²) in [4.78, 5) is 80.8. The van der Waals surface area contributed by atoms with Gasteiger partial charge in [-0.15, -0.1) is 0 Å². The summed E-state index contributed by atoms with van der Waals surface area (Å²) in [5, 5.41) is 24.9. The van der Waals surface area contributed by atoms with Crippen LogP contribution in [0.1, 0.15) is 38.3 Å². The summed E-state index contributed by atoms with van der Waals surface area (Å²) in [6, 6.07) is 4.50. The summed E-state index contributed by atoms with van der Waals surface area (Å²) in [5.41, 5.74) is 2.04. The fraction of sp³-hybridized carbons (Fsp3) is 0.400. The van der Waals surface area contributed by atoms with Crippen molar-refractivity contribution in [1.29, 1.82) is 0 Å². The van der Waals surface area contributed by atoms with Crippen molar-refractivity contribution in [3.8, 4) is 5.75 Å². The van der Waals surface area contributed by atoms with Crippen LogP contribution in [0.25, 0.3) is 0 Å². The molecule has 0 spiro atoms. The molecule has 5 N–H and O–H groups in total. The number of fused-ring (bicyclic) bond motifs is 3. The number of phenolic OH excluding ortho intramolecular Hbond substituents is 1. The molecule has 2 fully saturated rings. The molecule has 11 nitrogen and oxygen atoms in total. The first-order valence-electron chi connectivity index (χ1n) is 13.6. The number of Topliss-reactive ketones (excluding diaryl/α,β-unsaturated/α-hetero) is 5. The number of amides is 1. The Balaban J connectivity index is 1.49. The van der Waals surface area contributed by atoms with Crippen molar-refractivity contribution in [2.45, 2.75) is 31.0 Å². The molecule has 0 bridgehead atoms. The van der Waals surface area contributed by atoms with Crippen molar-refractivity contribution in [2.24, 2.45) is 29.4 Å².